The van der Waals surface area contributed by atoms with Crippen LogP contribution < -0.4 is 15.4 Å². The molecule has 4 nitrogen and oxygen atoms in total. The van der Waals surface area contributed by atoms with Gasteiger partial charge in [0.25, 0.3) is 0 Å². The van der Waals surface area contributed by atoms with Crippen LogP contribution in [0.4, 0.5) is 4.39 Å². The van der Waals surface area contributed by atoms with Crippen molar-refractivity contribution in [3.05, 3.63) is 29.6 Å². The molecule has 0 spiro atoms. The highest BCUT2D eigenvalue weighted by atomic mass is 35.5. The first-order valence-corrected chi connectivity index (χ1v) is 5.96. The molecule has 106 valence electrons. The van der Waals surface area contributed by atoms with E-state index in [4.69, 9.17) is 4.74 Å². The SMILES string of the molecule is COc1ccc(F)cc1C(C)NC(=O)C1CNC1.Cl. The van der Waals surface area contributed by atoms with Gasteiger partial charge in [-0.3, -0.25) is 4.79 Å². The van der Waals surface area contributed by atoms with Crippen LogP contribution in [0.15, 0.2) is 18.2 Å². The van der Waals surface area contributed by atoms with Crippen molar-refractivity contribution in [3.63, 3.8) is 0 Å². The van der Waals surface area contributed by atoms with E-state index in [0.29, 0.717) is 24.4 Å². The Bertz CT molecular complexity index is 452. The molecule has 6 heteroatoms. The Morgan fingerprint density at radius 3 is 2.74 bits per heavy atom. The van der Waals surface area contributed by atoms with E-state index in [1.54, 1.807) is 6.07 Å². The summed E-state index contributed by atoms with van der Waals surface area (Å²) >= 11 is 0. The van der Waals surface area contributed by atoms with Gasteiger partial charge in [-0.05, 0) is 25.1 Å². The Kier molecular flexibility index (Phi) is 5.57. The number of halogens is 2. The summed E-state index contributed by atoms with van der Waals surface area (Å²) in [5, 5.41) is 5.92. The number of carbonyl (C=O) groups is 1. The minimum absolute atomic E-state index is 0. The van der Waals surface area contributed by atoms with Crippen LogP contribution in [0.2, 0.25) is 0 Å². The summed E-state index contributed by atoms with van der Waals surface area (Å²) in [6.45, 7) is 3.24. The highest BCUT2D eigenvalue weighted by Gasteiger charge is 2.26. The highest BCUT2D eigenvalue weighted by molar-refractivity contribution is 5.85. The fourth-order valence-corrected chi connectivity index (χ4v) is 1.93. The summed E-state index contributed by atoms with van der Waals surface area (Å²) in [5.74, 6) is 0.257. The topological polar surface area (TPSA) is 50.4 Å². The van der Waals surface area contributed by atoms with Gasteiger partial charge in [0.1, 0.15) is 11.6 Å². The Morgan fingerprint density at radius 2 is 2.21 bits per heavy atom. The van der Waals surface area contributed by atoms with Gasteiger partial charge in [-0.1, -0.05) is 0 Å². The first-order valence-electron chi connectivity index (χ1n) is 5.96. The number of hydrogen-bond acceptors (Lipinski definition) is 3. The summed E-state index contributed by atoms with van der Waals surface area (Å²) in [6.07, 6.45) is 0. The molecule has 0 saturated carbocycles. The molecule has 1 aliphatic heterocycles. The summed E-state index contributed by atoms with van der Waals surface area (Å²) in [4.78, 5) is 11.8. The fraction of sp³-hybridized carbons (Fsp3) is 0.462. The summed E-state index contributed by atoms with van der Waals surface area (Å²) in [5.41, 5.74) is 0.651. The molecule has 0 bridgehead atoms. The molecule has 0 radical (unpaired) electrons. The van der Waals surface area contributed by atoms with Crippen LogP contribution in [0.25, 0.3) is 0 Å². The zero-order valence-corrected chi connectivity index (χ0v) is 11.7. The first-order chi connectivity index (χ1) is 8.61. The molecule has 1 saturated heterocycles. The second kappa shape index (κ2) is 6.73. The van der Waals surface area contributed by atoms with Crippen molar-refractivity contribution in [3.8, 4) is 5.75 Å². The molecular weight excluding hydrogens is 271 g/mol. The van der Waals surface area contributed by atoms with E-state index in [-0.39, 0.29) is 36.1 Å². The van der Waals surface area contributed by atoms with Gasteiger partial charge < -0.3 is 15.4 Å². The van der Waals surface area contributed by atoms with Gasteiger partial charge in [0, 0.05) is 18.7 Å². The minimum Gasteiger partial charge on any atom is -0.496 e. The van der Waals surface area contributed by atoms with Gasteiger partial charge in [-0.15, -0.1) is 12.4 Å². The average Bonchev–Trinajstić information content (AvgIpc) is 2.26. The van der Waals surface area contributed by atoms with Crippen LogP contribution in [-0.2, 0) is 4.79 Å². The fourth-order valence-electron chi connectivity index (χ4n) is 1.93. The molecule has 1 heterocycles. The molecule has 0 aliphatic carbocycles. The number of ether oxygens (including phenoxy) is 1. The van der Waals surface area contributed by atoms with Crippen LogP contribution >= 0.6 is 12.4 Å². The molecule has 1 aliphatic rings. The van der Waals surface area contributed by atoms with Crippen molar-refractivity contribution >= 4 is 18.3 Å². The number of rotatable bonds is 4. The first kappa shape index (κ1) is 15.7. The lowest BCUT2D eigenvalue weighted by Gasteiger charge is -2.28. The third kappa shape index (κ3) is 3.58. The molecule has 19 heavy (non-hydrogen) atoms. The standard InChI is InChI=1S/C13H17FN2O2.ClH/c1-8(16-13(17)9-6-15-7-9)11-5-10(14)3-4-12(11)18-2;/h3-5,8-9,15H,6-7H2,1-2H3,(H,16,17);1H. The van der Waals surface area contributed by atoms with Crippen molar-refractivity contribution < 1.29 is 13.9 Å². The van der Waals surface area contributed by atoms with Crippen molar-refractivity contribution in [2.45, 2.75) is 13.0 Å². The quantitative estimate of drug-likeness (QED) is 0.886. The van der Waals surface area contributed by atoms with E-state index < -0.39 is 0 Å². The molecule has 1 amide bonds. The lowest BCUT2D eigenvalue weighted by Crippen LogP contribution is -2.51. The number of hydrogen-bond donors (Lipinski definition) is 2. The van der Waals surface area contributed by atoms with E-state index >= 15 is 0 Å². The molecule has 1 fully saturated rings. The molecule has 1 unspecified atom stereocenters. The van der Waals surface area contributed by atoms with E-state index in [9.17, 15) is 9.18 Å². The van der Waals surface area contributed by atoms with Crippen LogP contribution in [0, 0.1) is 11.7 Å². The van der Waals surface area contributed by atoms with E-state index in [1.165, 1.54) is 19.2 Å². The maximum atomic E-state index is 13.2. The zero-order chi connectivity index (χ0) is 13.1. The van der Waals surface area contributed by atoms with Crippen molar-refractivity contribution in [2.24, 2.45) is 5.92 Å². The second-order valence-electron chi connectivity index (χ2n) is 4.47. The molecule has 2 rings (SSSR count). The van der Waals surface area contributed by atoms with Gasteiger partial charge >= 0.3 is 0 Å². The number of amides is 1. The number of carbonyl (C=O) groups excluding carboxylic acids is 1. The van der Waals surface area contributed by atoms with Crippen LogP contribution in [0.3, 0.4) is 0 Å². The van der Waals surface area contributed by atoms with Gasteiger partial charge in [0.2, 0.25) is 5.91 Å². The van der Waals surface area contributed by atoms with Crippen molar-refractivity contribution in [2.75, 3.05) is 20.2 Å². The number of methoxy groups -OCH3 is 1. The Morgan fingerprint density at radius 1 is 1.53 bits per heavy atom. The Labute approximate surface area is 118 Å². The Balaban J connectivity index is 0.00000180. The molecule has 0 aromatic heterocycles. The van der Waals surface area contributed by atoms with Gasteiger partial charge in [-0.2, -0.15) is 0 Å². The summed E-state index contributed by atoms with van der Waals surface area (Å²) in [7, 11) is 1.53. The second-order valence-corrected chi connectivity index (χ2v) is 4.47. The normalized spacial score (nSPS) is 15.9. The summed E-state index contributed by atoms with van der Waals surface area (Å²) in [6, 6.07) is 4.03. The van der Waals surface area contributed by atoms with Crippen LogP contribution in [-0.4, -0.2) is 26.1 Å². The van der Waals surface area contributed by atoms with Crippen molar-refractivity contribution in [1.29, 1.82) is 0 Å². The number of benzene rings is 1. The highest BCUT2D eigenvalue weighted by Crippen LogP contribution is 2.26. The largest absolute Gasteiger partial charge is 0.496 e. The van der Waals surface area contributed by atoms with Crippen LogP contribution in [0.5, 0.6) is 5.75 Å². The van der Waals surface area contributed by atoms with Crippen LogP contribution in [0.1, 0.15) is 18.5 Å². The molecule has 1 atom stereocenters. The zero-order valence-electron chi connectivity index (χ0n) is 10.9. The lowest BCUT2D eigenvalue weighted by atomic mass is 10.0. The third-order valence-electron chi connectivity index (χ3n) is 3.17. The lowest BCUT2D eigenvalue weighted by molar-refractivity contribution is -0.127. The van der Waals surface area contributed by atoms with Gasteiger partial charge in [-0.25, -0.2) is 4.39 Å². The maximum absolute atomic E-state index is 13.2. The molecule has 1 aromatic carbocycles. The van der Waals surface area contributed by atoms with E-state index in [2.05, 4.69) is 10.6 Å². The van der Waals surface area contributed by atoms with Gasteiger partial charge in [0.15, 0.2) is 0 Å². The minimum atomic E-state index is -0.336. The van der Waals surface area contributed by atoms with E-state index in [1.807, 2.05) is 6.92 Å². The predicted octanol–water partition coefficient (Wildman–Crippen LogP) is 1.65. The average molecular weight is 289 g/mol. The number of nitrogens with one attached hydrogen (secondary N) is 2. The predicted molar refractivity (Wildman–Crippen MR) is 73.1 cm³/mol. The van der Waals surface area contributed by atoms with E-state index in [0.717, 1.165) is 0 Å². The molecular formula is C13H18ClFN2O2. The Hall–Kier alpha value is -1.33. The van der Waals surface area contributed by atoms with Gasteiger partial charge in [0.05, 0.1) is 19.1 Å². The monoisotopic (exact) mass is 288 g/mol. The molecule has 1 aromatic rings. The maximum Gasteiger partial charge on any atom is 0.226 e. The van der Waals surface area contributed by atoms with Crippen molar-refractivity contribution in [1.82, 2.24) is 10.6 Å². The smallest absolute Gasteiger partial charge is 0.226 e. The third-order valence-corrected chi connectivity index (χ3v) is 3.17. The molecule has 2 N–H and O–H groups in total. The summed E-state index contributed by atoms with van der Waals surface area (Å²) < 4.78 is 18.4.